The molecule has 0 saturated carbocycles. The monoisotopic (exact) mass is 299 g/mol. The molecule has 1 aliphatic rings. The Morgan fingerprint density at radius 2 is 2.00 bits per heavy atom. The summed E-state index contributed by atoms with van der Waals surface area (Å²) < 4.78 is 1.79. The van der Waals surface area contributed by atoms with Crippen molar-refractivity contribution >= 4 is 5.91 Å². The van der Waals surface area contributed by atoms with Crippen molar-refractivity contribution in [1.29, 1.82) is 0 Å². The van der Waals surface area contributed by atoms with Crippen LogP contribution in [0.4, 0.5) is 0 Å². The third-order valence-corrected chi connectivity index (χ3v) is 3.89. The second kappa shape index (κ2) is 5.88. The van der Waals surface area contributed by atoms with Gasteiger partial charge < -0.3 is 10.2 Å². The average Bonchev–Trinajstić information content (AvgIpc) is 2.85. The highest BCUT2D eigenvalue weighted by atomic mass is 16.2. The number of hydrogen-bond acceptors (Lipinski definition) is 4. The van der Waals surface area contributed by atoms with Crippen LogP contribution in [0, 0.1) is 13.8 Å². The lowest BCUT2D eigenvalue weighted by Gasteiger charge is -2.32. The summed E-state index contributed by atoms with van der Waals surface area (Å²) in [7, 11) is 0. The van der Waals surface area contributed by atoms with Crippen molar-refractivity contribution in [2.75, 3.05) is 19.6 Å². The SMILES string of the molecule is Cc1nc(C)n(-c2ccc(C(=O)N3CCN[C@H](C)C3)cc2)n1. The van der Waals surface area contributed by atoms with E-state index < -0.39 is 0 Å². The minimum atomic E-state index is 0.0893. The highest BCUT2D eigenvalue weighted by Gasteiger charge is 2.21. The summed E-state index contributed by atoms with van der Waals surface area (Å²) in [4.78, 5) is 18.7. The molecule has 1 aromatic carbocycles. The molecule has 1 amide bonds. The van der Waals surface area contributed by atoms with E-state index in [-0.39, 0.29) is 5.91 Å². The second-order valence-corrected chi connectivity index (χ2v) is 5.77. The van der Waals surface area contributed by atoms with Crippen molar-refractivity contribution in [3.63, 3.8) is 0 Å². The highest BCUT2D eigenvalue weighted by molar-refractivity contribution is 5.94. The number of carbonyl (C=O) groups excluding carboxylic acids is 1. The molecule has 1 atom stereocenters. The van der Waals surface area contributed by atoms with E-state index in [1.165, 1.54) is 0 Å². The van der Waals surface area contributed by atoms with Crippen LogP contribution in [0.1, 0.15) is 28.9 Å². The van der Waals surface area contributed by atoms with Crippen LogP contribution < -0.4 is 5.32 Å². The van der Waals surface area contributed by atoms with Crippen molar-refractivity contribution in [3.8, 4) is 5.69 Å². The summed E-state index contributed by atoms with van der Waals surface area (Å²) in [6, 6.07) is 7.90. The number of hydrogen-bond donors (Lipinski definition) is 1. The summed E-state index contributed by atoms with van der Waals surface area (Å²) in [5, 5.41) is 7.70. The lowest BCUT2D eigenvalue weighted by Crippen LogP contribution is -2.51. The Bertz CT molecular complexity index is 676. The molecule has 0 bridgehead atoms. The lowest BCUT2D eigenvalue weighted by molar-refractivity contribution is 0.0709. The van der Waals surface area contributed by atoms with Crippen LogP contribution in [0.15, 0.2) is 24.3 Å². The topological polar surface area (TPSA) is 63.1 Å². The van der Waals surface area contributed by atoms with Crippen LogP contribution in [-0.2, 0) is 0 Å². The second-order valence-electron chi connectivity index (χ2n) is 5.77. The van der Waals surface area contributed by atoms with Crippen LogP contribution in [-0.4, -0.2) is 51.2 Å². The third-order valence-electron chi connectivity index (χ3n) is 3.89. The lowest BCUT2D eigenvalue weighted by atomic mass is 10.1. The first-order chi connectivity index (χ1) is 10.5. The first-order valence-electron chi connectivity index (χ1n) is 7.58. The van der Waals surface area contributed by atoms with Crippen LogP contribution in [0.5, 0.6) is 0 Å². The fraction of sp³-hybridized carbons (Fsp3) is 0.438. The molecular weight excluding hydrogens is 278 g/mol. The van der Waals surface area contributed by atoms with E-state index in [0.29, 0.717) is 11.6 Å². The Labute approximate surface area is 130 Å². The van der Waals surface area contributed by atoms with Crippen molar-refractivity contribution in [2.24, 2.45) is 0 Å². The number of nitrogens with one attached hydrogen (secondary N) is 1. The van der Waals surface area contributed by atoms with Crippen LogP contribution >= 0.6 is 0 Å². The maximum absolute atomic E-state index is 12.5. The summed E-state index contributed by atoms with van der Waals surface area (Å²) >= 11 is 0. The van der Waals surface area contributed by atoms with Gasteiger partial charge in [0.05, 0.1) is 5.69 Å². The van der Waals surface area contributed by atoms with Gasteiger partial charge in [0.1, 0.15) is 11.6 Å². The molecule has 0 aliphatic carbocycles. The van der Waals surface area contributed by atoms with Gasteiger partial charge in [0.25, 0.3) is 5.91 Å². The van der Waals surface area contributed by atoms with Crippen molar-refractivity contribution < 1.29 is 4.79 Å². The molecule has 1 aliphatic heterocycles. The fourth-order valence-corrected chi connectivity index (χ4v) is 2.81. The maximum atomic E-state index is 12.5. The van der Waals surface area contributed by atoms with Gasteiger partial charge in [0, 0.05) is 31.2 Å². The smallest absolute Gasteiger partial charge is 0.253 e. The number of carbonyl (C=O) groups is 1. The molecule has 2 heterocycles. The summed E-state index contributed by atoms with van der Waals surface area (Å²) in [5.74, 6) is 1.67. The summed E-state index contributed by atoms with van der Waals surface area (Å²) in [6.45, 7) is 8.24. The van der Waals surface area contributed by atoms with Crippen molar-refractivity contribution in [1.82, 2.24) is 25.0 Å². The van der Waals surface area contributed by atoms with Gasteiger partial charge in [-0.2, -0.15) is 5.10 Å². The van der Waals surface area contributed by atoms with Gasteiger partial charge in [0.15, 0.2) is 0 Å². The van der Waals surface area contributed by atoms with Gasteiger partial charge in [0.2, 0.25) is 0 Å². The van der Waals surface area contributed by atoms with E-state index in [1.807, 2.05) is 43.0 Å². The maximum Gasteiger partial charge on any atom is 0.253 e. The van der Waals surface area contributed by atoms with E-state index in [9.17, 15) is 4.79 Å². The number of benzene rings is 1. The molecule has 116 valence electrons. The molecule has 0 unspecified atom stereocenters. The Kier molecular flexibility index (Phi) is 3.94. The highest BCUT2D eigenvalue weighted by Crippen LogP contribution is 2.13. The molecule has 6 heteroatoms. The zero-order chi connectivity index (χ0) is 15.7. The molecule has 0 spiro atoms. The Morgan fingerprint density at radius 3 is 2.59 bits per heavy atom. The number of aromatic nitrogens is 3. The van der Waals surface area contributed by atoms with E-state index in [4.69, 9.17) is 0 Å². The molecular formula is C16H21N5O. The Balaban J connectivity index is 1.79. The normalized spacial score (nSPS) is 18.5. The van der Waals surface area contributed by atoms with E-state index in [1.54, 1.807) is 4.68 Å². The molecule has 1 saturated heterocycles. The molecule has 3 rings (SSSR count). The van der Waals surface area contributed by atoms with Gasteiger partial charge in [-0.3, -0.25) is 4.79 Å². The largest absolute Gasteiger partial charge is 0.336 e. The Morgan fingerprint density at radius 1 is 1.27 bits per heavy atom. The van der Waals surface area contributed by atoms with Crippen molar-refractivity contribution in [3.05, 3.63) is 41.5 Å². The van der Waals surface area contributed by atoms with Crippen LogP contribution in [0.2, 0.25) is 0 Å². The molecule has 1 N–H and O–H groups in total. The zero-order valence-corrected chi connectivity index (χ0v) is 13.2. The molecule has 0 radical (unpaired) electrons. The average molecular weight is 299 g/mol. The number of amides is 1. The van der Waals surface area contributed by atoms with Crippen LogP contribution in [0.25, 0.3) is 5.69 Å². The predicted molar refractivity (Wildman–Crippen MR) is 84.2 cm³/mol. The first-order valence-corrected chi connectivity index (χ1v) is 7.58. The van der Waals surface area contributed by atoms with Gasteiger partial charge in [-0.15, -0.1) is 0 Å². The minimum Gasteiger partial charge on any atom is -0.336 e. The molecule has 1 fully saturated rings. The molecule has 1 aromatic heterocycles. The number of aryl methyl sites for hydroxylation is 2. The summed E-state index contributed by atoms with van der Waals surface area (Å²) in [6.07, 6.45) is 0. The first kappa shape index (κ1) is 14.7. The number of nitrogens with zero attached hydrogens (tertiary/aromatic N) is 4. The number of rotatable bonds is 2. The van der Waals surface area contributed by atoms with Gasteiger partial charge in [-0.25, -0.2) is 9.67 Å². The van der Waals surface area contributed by atoms with Gasteiger partial charge in [-0.05, 0) is 45.0 Å². The molecule has 6 nitrogen and oxygen atoms in total. The molecule has 2 aromatic rings. The fourth-order valence-electron chi connectivity index (χ4n) is 2.81. The van der Waals surface area contributed by atoms with Crippen LogP contribution in [0.3, 0.4) is 0 Å². The predicted octanol–water partition coefficient (Wildman–Crippen LogP) is 1.32. The quantitative estimate of drug-likeness (QED) is 0.908. The molecule has 22 heavy (non-hydrogen) atoms. The minimum absolute atomic E-state index is 0.0893. The van der Waals surface area contributed by atoms with E-state index in [0.717, 1.165) is 37.0 Å². The number of piperazine rings is 1. The van der Waals surface area contributed by atoms with E-state index >= 15 is 0 Å². The van der Waals surface area contributed by atoms with Gasteiger partial charge >= 0.3 is 0 Å². The Hall–Kier alpha value is -2.21. The standard InChI is InChI=1S/C16H21N5O/c1-11-10-20(9-8-17-11)16(22)14-4-6-15(7-5-14)21-13(3)18-12(2)19-21/h4-7,11,17H,8-10H2,1-3H3/t11-/m1/s1. The van der Waals surface area contributed by atoms with Crippen molar-refractivity contribution in [2.45, 2.75) is 26.8 Å². The van der Waals surface area contributed by atoms with E-state index in [2.05, 4.69) is 22.3 Å². The zero-order valence-electron chi connectivity index (χ0n) is 13.2. The summed E-state index contributed by atoms with van der Waals surface area (Å²) in [5.41, 5.74) is 1.63. The third kappa shape index (κ3) is 2.87. The van der Waals surface area contributed by atoms with Gasteiger partial charge in [-0.1, -0.05) is 0 Å².